The highest BCUT2D eigenvalue weighted by atomic mass is 35.5. The van der Waals surface area contributed by atoms with Gasteiger partial charge in [-0.3, -0.25) is 15.1 Å². The third-order valence-corrected chi connectivity index (χ3v) is 6.05. The molecular formula is C18H24ClN5O3S2. The standard InChI is InChI=1S/C18H24ClN5O3S2/c1-14-17(27-13-23-14)4-8-28-9-6-21-18(11-24(25)26)22-7-10-29-12-16-15(19)3-2-5-20-16/h2-3,5,11,13,21-22H,4,6-10,12H2,1H3/b18-11+. The van der Waals surface area contributed by atoms with Gasteiger partial charge in [0.1, 0.15) is 5.76 Å². The average Bonchev–Trinajstić information content (AvgIpc) is 3.09. The molecule has 0 saturated heterocycles. The van der Waals surface area contributed by atoms with Crippen molar-refractivity contribution >= 4 is 35.1 Å². The molecule has 0 unspecified atom stereocenters. The maximum atomic E-state index is 10.8. The predicted molar refractivity (Wildman–Crippen MR) is 119 cm³/mol. The molecule has 2 N–H and O–H groups in total. The summed E-state index contributed by atoms with van der Waals surface area (Å²) in [5.74, 6) is 4.53. The Morgan fingerprint density at radius 2 is 2.03 bits per heavy atom. The second-order valence-corrected chi connectivity index (χ2v) is 8.63. The number of nitrogens with zero attached hydrogens (tertiary/aromatic N) is 3. The molecule has 2 heterocycles. The molecule has 2 aromatic rings. The molecule has 0 atom stereocenters. The number of pyridine rings is 1. The number of oxazole rings is 1. The number of halogens is 1. The largest absolute Gasteiger partial charge is 0.448 e. The van der Waals surface area contributed by atoms with Gasteiger partial charge in [-0.15, -0.1) is 0 Å². The highest BCUT2D eigenvalue weighted by molar-refractivity contribution is 7.99. The smallest absolute Gasteiger partial charge is 0.274 e. The quantitative estimate of drug-likeness (QED) is 0.250. The van der Waals surface area contributed by atoms with Gasteiger partial charge in [-0.25, -0.2) is 4.98 Å². The number of nitro groups is 1. The van der Waals surface area contributed by atoms with Crippen LogP contribution in [0.25, 0.3) is 0 Å². The fourth-order valence-electron chi connectivity index (χ4n) is 2.30. The van der Waals surface area contributed by atoms with Crippen molar-refractivity contribution in [1.82, 2.24) is 20.6 Å². The molecule has 0 fully saturated rings. The van der Waals surface area contributed by atoms with Crippen molar-refractivity contribution in [3.05, 3.63) is 69.0 Å². The van der Waals surface area contributed by atoms with Gasteiger partial charge in [0.25, 0.3) is 6.20 Å². The van der Waals surface area contributed by atoms with Crippen LogP contribution in [0.4, 0.5) is 0 Å². The second-order valence-electron chi connectivity index (χ2n) is 5.89. The maximum Gasteiger partial charge on any atom is 0.274 e. The summed E-state index contributed by atoms with van der Waals surface area (Å²) in [7, 11) is 0. The number of nitrogens with one attached hydrogen (secondary N) is 2. The molecular weight excluding hydrogens is 434 g/mol. The van der Waals surface area contributed by atoms with E-state index in [4.69, 9.17) is 16.0 Å². The van der Waals surface area contributed by atoms with Gasteiger partial charge in [-0.2, -0.15) is 23.5 Å². The zero-order chi connectivity index (χ0) is 20.9. The van der Waals surface area contributed by atoms with Crippen LogP contribution in [0.15, 0.2) is 41.2 Å². The van der Waals surface area contributed by atoms with E-state index in [1.54, 1.807) is 35.8 Å². The van der Waals surface area contributed by atoms with Crippen molar-refractivity contribution in [3.63, 3.8) is 0 Å². The summed E-state index contributed by atoms with van der Waals surface area (Å²) in [5, 5.41) is 17.6. The van der Waals surface area contributed by atoms with Gasteiger partial charge < -0.3 is 15.1 Å². The monoisotopic (exact) mass is 457 g/mol. The summed E-state index contributed by atoms with van der Waals surface area (Å²) in [6.07, 6.45) is 4.96. The molecule has 0 aliphatic carbocycles. The molecule has 0 aromatic carbocycles. The number of rotatable bonds is 14. The Labute approximate surface area is 183 Å². The SMILES string of the molecule is Cc1ncoc1CCSCCN/C(=C\[N+](=O)[O-])NCCSCc1ncccc1Cl. The number of aryl methyl sites for hydroxylation is 2. The van der Waals surface area contributed by atoms with E-state index < -0.39 is 4.92 Å². The van der Waals surface area contributed by atoms with Crippen molar-refractivity contribution < 1.29 is 9.34 Å². The van der Waals surface area contributed by atoms with Gasteiger partial charge in [0, 0.05) is 48.7 Å². The van der Waals surface area contributed by atoms with Crippen LogP contribution in [0.1, 0.15) is 17.1 Å². The molecule has 29 heavy (non-hydrogen) atoms. The zero-order valence-corrected chi connectivity index (χ0v) is 18.5. The first kappa shape index (κ1) is 23.4. The van der Waals surface area contributed by atoms with E-state index in [0.29, 0.717) is 29.7 Å². The molecule has 0 aliphatic rings. The molecule has 11 heteroatoms. The van der Waals surface area contributed by atoms with Gasteiger partial charge in [-0.1, -0.05) is 11.6 Å². The van der Waals surface area contributed by atoms with Crippen LogP contribution in [0.2, 0.25) is 5.02 Å². The van der Waals surface area contributed by atoms with Crippen LogP contribution in [-0.4, -0.2) is 45.2 Å². The van der Waals surface area contributed by atoms with Crippen LogP contribution >= 0.6 is 35.1 Å². The number of aromatic nitrogens is 2. The van der Waals surface area contributed by atoms with E-state index in [1.165, 1.54) is 6.39 Å². The van der Waals surface area contributed by atoms with Crippen LogP contribution in [0.3, 0.4) is 0 Å². The fraction of sp³-hybridized carbons (Fsp3) is 0.444. The summed E-state index contributed by atoms with van der Waals surface area (Å²) in [5.41, 5.74) is 1.77. The molecule has 158 valence electrons. The lowest BCUT2D eigenvalue weighted by molar-refractivity contribution is -0.404. The summed E-state index contributed by atoms with van der Waals surface area (Å²) in [6, 6.07) is 3.61. The Kier molecular flexibility index (Phi) is 10.7. The van der Waals surface area contributed by atoms with Crippen molar-refractivity contribution in [2.75, 3.05) is 30.3 Å². The zero-order valence-electron chi connectivity index (χ0n) is 16.1. The Morgan fingerprint density at radius 1 is 1.28 bits per heavy atom. The van der Waals surface area contributed by atoms with Crippen LogP contribution in [0, 0.1) is 17.0 Å². The molecule has 2 aromatic heterocycles. The Hall–Kier alpha value is -1.91. The van der Waals surface area contributed by atoms with Crippen LogP contribution in [0.5, 0.6) is 0 Å². The first-order chi connectivity index (χ1) is 14.1. The molecule has 0 aliphatic heterocycles. The first-order valence-electron chi connectivity index (χ1n) is 9.03. The van der Waals surface area contributed by atoms with Gasteiger partial charge in [0.05, 0.1) is 21.3 Å². The Bertz CT molecular complexity index is 803. The van der Waals surface area contributed by atoms with Crippen LogP contribution in [-0.2, 0) is 12.2 Å². The van der Waals surface area contributed by atoms with Crippen molar-refractivity contribution in [2.45, 2.75) is 19.1 Å². The lowest BCUT2D eigenvalue weighted by atomic mass is 10.3. The van der Waals surface area contributed by atoms with E-state index in [9.17, 15) is 10.1 Å². The van der Waals surface area contributed by atoms with E-state index in [-0.39, 0.29) is 0 Å². The van der Waals surface area contributed by atoms with Crippen molar-refractivity contribution in [1.29, 1.82) is 0 Å². The molecule has 8 nitrogen and oxygen atoms in total. The highest BCUT2D eigenvalue weighted by Gasteiger charge is 2.05. The maximum absolute atomic E-state index is 10.8. The molecule has 0 amide bonds. The van der Waals surface area contributed by atoms with Crippen molar-refractivity contribution in [2.24, 2.45) is 0 Å². The van der Waals surface area contributed by atoms with Crippen molar-refractivity contribution in [3.8, 4) is 0 Å². The van der Waals surface area contributed by atoms with Gasteiger partial charge in [0.15, 0.2) is 12.2 Å². The van der Waals surface area contributed by atoms with E-state index >= 15 is 0 Å². The number of hydrogen-bond acceptors (Lipinski definition) is 9. The third-order valence-electron chi connectivity index (χ3n) is 3.75. The number of hydrogen-bond donors (Lipinski definition) is 2. The minimum Gasteiger partial charge on any atom is -0.448 e. The Morgan fingerprint density at radius 3 is 2.69 bits per heavy atom. The lowest BCUT2D eigenvalue weighted by Crippen LogP contribution is -2.30. The van der Waals surface area contributed by atoms with Gasteiger partial charge in [-0.05, 0) is 19.1 Å². The first-order valence-corrected chi connectivity index (χ1v) is 11.7. The minimum atomic E-state index is -0.462. The highest BCUT2D eigenvalue weighted by Crippen LogP contribution is 2.18. The lowest BCUT2D eigenvalue weighted by Gasteiger charge is -2.11. The molecule has 0 bridgehead atoms. The van der Waals surface area contributed by atoms with Gasteiger partial charge >= 0.3 is 0 Å². The van der Waals surface area contributed by atoms with E-state index in [0.717, 1.165) is 47.0 Å². The predicted octanol–water partition coefficient (Wildman–Crippen LogP) is 3.50. The molecule has 2 rings (SSSR count). The third kappa shape index (κ3) is 9.42. The molecule has 0 spiro atoms. The Balaban J connectivity index is 1.60. The molecule has 0 radical (unpaired) electrons. The normalized spacial score (nSPS) is 11.4. The second kappa shape index (κ2) is 13.3. The number of thioether (sulfide) groups is 2. The minimum absolute atomic E-state index is 0.415. The van der Waals surface area contributed by atoms with E-state index in [2.05, 4.69) is 20.6 Å². The van der Waals surface area contributed by atoms with E-state index in [1.807, 2.05) is 13.0 Å². The fourth-order valence-corrected chi connectivity index (χ4v) is 4.16. The summed E-state index contributed by atoms with van der Waals surface area (Å²) in [4.78, 5) is 18.7. The topological polar surface area (TPSA) is 106 Å². The summed E-state index contributed by atoms with van der Waals surface area (Å²) >= 11 is 9.50. The average molecular weight is 458 g/mol. The molecule has 0 saturated carbocycles. The van der Waals surface area contributed by atoms with Gasteiger partial charge in [0.2, 0.25) is 0 Å². The summed E-state index contributed by atoms with van der Waals surface area (Å²) in [6.45, 7) is 3.15. The van der Waals surface area contributed by atoms with Crippen LogP contribution < -0.4 is 10.6 Å². The summed E-state index contributed by atoms with van der Waals surface area (Å²) < 4.78 is 5.30.